The third-order valence-electron chi connectivity index (χ3n) is 6.26. The van der Waals surface area contributed by atoms with E-state index in [2.05, 4.69) is 28.2 Å². The lowest BCUT2D eigenvalue weighted by molar-refractivity contribution is -0.140. The van der Waals surface area contributed by atoms with Crippen LogP contribution in [0.5, 0.6) is 0 Å². The molecule has 0 aliphatic carbocycles. The van der Waals surface area contributed by atoms with Gasteiger partial charge >= 0.3 is 0 Å². The fourth-order valence-electron chi connectivity index (χ4n) is 3.89. The average molecular weight is 581 g/mol. The number of anilines is 1. The van der Waals surface area contributed by atoms with Crippen molar-refractivity contribution in [2.24, 2.45) is 0 Å². The van der Waals surface area contributed by atoms with Crippen molar-refractivity contribution in [2.45, 2.75) is 66.0 Å². The Kier molecular flexibility index (Phi) is 11.4. The molecule has 0 aliphatic heterocycles. The molecule has 1 atom stereocenters. The van der Waals surface area contributed by atoms with Gasteiger partial charge in [0.2, 0.25) is 21.8 Å². The van der Waals surface area contributed by atoms with Crippen LogP contribution in [0.15, 0.2) is 46.9 Å². The van der Waals surface area contributed by atoms with Crippen molar-refractivity contribution in [1.29, 1.82) is 0 Å². The van der Waals surface area contributed by atoms with Gasteiger partial charge in [-0.1, -0.05) is 53.5 Å². The molecule has 0 aromatic heterocycles. The van der Waals surface area contributed by atoms with Crippen molar-refractivity contribution in [3.05, 3.63) is 63.6 Å². The first-order valence-electron chi connectivity index (χ1n) is 12.3. The molecule has 9 heteroatoms. The summed E-state index contributed by atoms with van der Waals surface area (Å²) in [5.41, 5.74) is 3.43. The van der Waals surface area contributed by atoms with Crippen LogP contribution in [0, 0.1) is 13.8 Å². The van der Waals surface area contributed by atoms with Crippen molar-refractivity contribution in [3.63, 3.8) is 0 Å². The van der Waals surface area contributed by atoms with Crippen LogP contribution < -0.4 is 9.62 Å². The smallest absolute Gasteiger partial charge is 0.242 e. The fraction of sp³-hybridized carbons (Fsp3) is 0.481. The summed E-state index contributed by atoms with van der Waals surface area (Å²) < 4.78 is 27.4. The number of hydrogen-bond acceptors (Lipinski definition) is 4. The first-order chi connectivity index (χ1) is 17.0. The molecule has 0 bridgehead atoms. The van der Waals surface area contributed by atoms with Gasteiger partial charge in [0.25, 0.3) is 0 Å². The lowest BCUT2D eigenvalue weighted by Gasteiger charge is -2.29. The van der Waals surface area contributed by atoms with Crippen LogP contribution in [0.3, 0.4) is 0 Å². The summed E-state index contributed by atoms with van der Waals surface area (Å²) in [6.07, 6.45) is 3.48. The lowest BCUT2D eigenvalue weighted by atomic mass is 10.1. The number of nitrogens with one attached hydrogen (secondary N) is 1. The molecule has 7 nitrogen and oxygen atoms in total. The fourth-order valence-corrected chi connectivity index (χ4v) is 5.17. The minimum absolute atomic E-state index is 0.125. The molecular weight excluding hydrogens is 542 g/mol. The number of halogens is 1. The molecule has 2 aromatic carbocycles. The maximum absolute atomic E-state index is 13.3. The van der Waals surface area contributed by atoms with Gasteiger partial charge in [0.1, 0.15) is 6.04 Å². The Morgan fingerprint density at radius 2 is 1.72 bits per heavy atom. The second kappa shape index (κ2) is 13.8. The molecule has 0 radical (unpaired) electrons. The molecule has 36 heavy (non-hydrogen) atoms. The third-order valence-corrected chi connectivity index (χ3v) is 7.97. The molecule has 2 rings (SSSR count). The summed E-state index contributed by atoms with van der Waals surface area (Å²) >= 11 is 3.42. The Labute approximate surface area is 224 Å². The van der Waals surface area contributed by atoms with Crippen LogP contribution in [0.25, 0.3) is 0 Å². The zero-order chi connectivity index (χ0) is 26.9. The van der Waals surface area contributed by atoms with Crippen molar-refractivity contribution in [2.75, 3.05) is 23.7 Å². The number of hydrogen-bond donors (Lipinski definition) is 1. The summed E-state index contributed by atoms with van der Waals surface area (Å²) in [6.45, 7) is 8.66. The van der Waals surface area contributed by atoms with E-state index in [4.69, 9.17) is 0 Å². The minimum Gasteiger partial charge on any atom is -0.354 e. The number of benzene rings is 2. The maximum atomic E-state index is 13.3. The summed E-state index contributed by atoms with van der Waals surface area (Å²) in [5.74, 6) is -0.382. The van der Waals surface area contributed by atoms with Crippen molar-refractivity contribution < 1.29 is 18.0 Å². The van der Waals surface area contributed by atoms with Gasteiger partial charge in [-0.3, -0.25) is 13.9 Å². The Morgan fingerprint density at radius 1 is 1.06 bits per heavy atom. The van der Waals surface area contributed by atoms with Crippen LogP contribution in [-0.2, 0) is 26.2 Å². The van der Waals surface area contributed by atoms with Gasteiger partial charge in [-0.25, -0.2) is 8.42 Å². The number of carbonyl (C=O) groups is 2. The second-order valence-electron chi connectivity index (χ2n) is 9.13. The molecule has 2 amide bonds. The van der Waals surface area contributed by atoms with E-state index in [0.29, 0.717) is 25.2 Å². The molecule has 1 N–H and O–H groups in total. The Hall–Kier alpha value is -2.39. The van der Waals surface area contributed by atoms with E-state index >= 15 is 0 Å². The van der Waals surface area contributed by atoms with Crippen LogP contribution in [0.1, 0.15) is 56.2 Å². The third kappa shape index (κ3) is 8.62. The predicted molar refractivity (Wildman–Crippen MR) is 149 cm³/mol. The van der Waals surface area contributed by atoms with E-state index in [9.17, 15) is 18.0 Å². The van der Waals surface area contributed by atoms with Gasteiger partial charge in [-0.2, -0.15) is 0 Å². The molecule has 198 valence electrons. The summed E-state index contributed by atoms with van der Waals surface area (Å²) in [6, 6.07) is 12.5. The number of sulfonamides is 1. The number of rotatable bonds is 13. The zero-order valence-corrected chi connectivity index (χ0v) is 24.3. The highest BCUT2D eigenvalue weighted by molar-refractivity contribution is 9.10. The van der Waals surface area contributed by atoms with E-state index in [0.717, 1.165) is 34.0 Å². The van der Waals surface area contributed by atoms with E-state index in [1.165, 1.54) is 10.6 Å². The first-order valence-corrected chi connectivity index (χ1v) is 14.9. The van der Waals surface area contributed by atoms with E-state index < -0.39 is 16.1 Å². The Bertz CT molecular complexity index is 1140. The van der Waals surface area contributed by atoms with Gasteiger partial charge in [-0.05, 0) is 68.5 Å². The van der Waals surface area contributed by atoms with Gasteiger partial charge in [0, 0.05) is 30.5 Å². The Balaban J connectivity index is 2.17. The topological polar surface area (TPSA) is 86.8 Å². The number of carbonyl (C=O) groups excluding carboxylic acids is 2. The second-order valence-corrected chi connectivity index (χ2v) is 11.9. The highest BCUT2D eigenvalue weighted by atomic mass is 79.9. The van der Waals surface area contributed by atoms with Crippen molar-refractivity contribution in [1.82, 2.24) is 10.2 Å². The quantitative estimate of drug-likeness (QED) is 0.340. The van der Waals surface area contributed by atoms with Crippen molar-refractivity contribution in [3.8, 4) is 0 Å². The monoisotopic (exact) mass is 579 g/mol. The number of amides is 2. The van der Waals surface area contributed by atoms with Crippen molar-refractivity contribution >= 4 is 43.5 Å². The predicted octanol–water partition coefficient (Wildman–Crippen LogP) is 4.95. The average Bonchev–Trinajstić information content (AvgIpc) is 2.82. The SMILES string of the molecule is CCCCNC(=O)[C@@H](C)N(Cc1ccc(Br)cc1)C(=O)CCCN(c1cccc(C)c1C)S(C)(=O)=O. The summed E-state index contributed by atoms with van der Waals surface area (Å²) in [7, 11) is -3.53. The van der Waals surface area contributed by atoms with Gasteiger partial charge < -0.3 is 10.2 Å². The van der Waals surface area contributed by atoms with Crippen LogP contribution in [0.2, 0.25) is 0 Å². The standard InChI is InChI=1S/C27H38BrN3O4S/c1-6-7-17-29-27(33)22(4)30(19-23-13-15-24(28)16-14-23)26(32)12-9-18-31(36(5,34)35)25-11-8-10-20(2)21(25)3/h8,10-11,13-16,22H,6-7,9,12,17-19H2,1-5H3,(H,29,33)/t22-/m1/s1. The molecule has 0 spiro atoms. The summed E-state index contributed by atoms with van der Waals surface area (Å²) in [4.78, 5) is 27.7. The minimum atomic E-state index is -3.53. The molecule has 0 unspecified atom stereocenters. The van der Waals surface area contributed by atoms with Gasteiger partial charge in [0.05, 0.1) is 11.9 Å². The molecule has 0 saturated carbocycles. The first kappa shape index (κ1) is 29.8. The molecular formula is C27H38BrN3O4S. The largest absolute Gasteiger partial charge is 0.354 e. The lowest BCUT2D eigenvalue weighted by Crippen LogP contribution is -2.48. The molecule has 0 heterocycles. The van der Waals surface area contributed by atoms with Crippen LogP contribution in [-0.4, -0.2) is 50.5 Å². The zero-order valence-electron chi connectivity index (χ0n) is 21.9. The highest BCUT2D eigenvalue weighted by Gasteiger charge is 2.27. The van der Waals surface area contributed by atoms with Crippen LogP contribution in [0.4, 0.5) is 5.69 Å². The summed E-state index contributed by atoms with van der Waals surface area (Å²) in [5, 5.41) is 2.91. The molecule has 0 aliphatic rings. The molecule has 0 saturated heterocycles. The van der Waals surface area contributed by atoms with E-state index in [-0.39, 0.29) is 24.8 Å². The van der Waals surface area contributed by atoms with E-state index in [1.807, 2.05) is 50.2 Å². The Morgan fingerprint density at radius 3 is 2.33 bits per heavy atom. The molecule has 0 fully saturated rings. The van der Waals surface area contributed by atoms with Gasteiger partial charge in [-0.15, -0.1) is 0 Å². The van der Waals surface area contributed by atoms with Gasteiger partial charge in [0.15, 0.2) is 0 Å². The van der Waals surface area contributed by atoms with E-state index in [1.54, 1.807) is 17.9 Å². The maximum Gasteiger partial charge on any atom is 0.242 e. The van der Waals surface area contributed by atoms with Crippen LogP contribution >= 0.6 is 15.9 Å². The number of unbranched alkanes of at least 4 members (excludes halogenated alkanes) is 1. The number of nitrogens with zero attached hydrogens (tertiary/aromatic N) is 2. The number of aryl methyl sites for hydroxylation is 1. The molecule has 2 aromatic rings. The highest BCUT2D eigenvalue weighted by Crippen LogP contribution is 2.25. The normalized spacial score (nSPS) is 12.2.